The minimum absolute atomic E-state index is 0.284. The molecule has 0 aliphatic carbocycles. The zero-order chi connectivity index (χ0) is 20.0. The minimum atomic E-state index is -1.03. The first kappa shape index (κ1) is 20.9. The van der Waals surface area contributed by atoms with E-state index in [1.807, 2.05) is 64.3 Å². The summed E-state index contributed by atoms with van der Waals surface area (Å²) >= 11 is 0. The van der Waals surface area contributed by atoms with Crippen molar-refractivity contribution < 1.29 is 15.0 Å². The molecule has 7 nitrogen and oxygen atoms in total. The molecule has 27 heavy (non-hydrogen) atoms. The van der Waals surface area contributed by atoms with Crippen LogP contribution in [0.5, 0.6) is 0 Å². The largest absolute Gasteiger partial charge is 0.465 e. The molecule has 0 bridgehead atoms. The summed E-state index contributed by atoms with van der Waals surface area (Å²) in [5.74, 6) is 0. The summed E-state index contributed by atoms with van der Waals surface area (Å²) in [6, 6.07) is 9.09. The number of hydrogen-bond acceptors (Lipinski definition) is 4. The molecule has 0 fully saturated rings. The van der Waals surface area contributed by atoms with Gasteiger partial charge in [0.2, 0.25) is 0 Å². The maximum atomic E-state index is 12.0. The molecule has 0 radical (unpaired) electrons. The van der Waals surface area contributed by atoms with Crippen molar-refractivity contribution in [1.82, 2.24) is 20.0 Å². The van der Waals surface area contributed by atoms with Crippen LogP contribution < -0.4 is 5.32 Å². The highest BCUT2D eigenvalue weighted by Gasteiger charge is 2.37. The number of nitrogens with zero attached hydrogens (tertiary/aromatic N) is 3. The molecular weight excluding hydrogens is 344 g/mol. The Labute approximate surface area is 160 Å². The van der Waals surface area contributed by atoms with Crippen LogP contribution in [0.15, 0.2) is 42.7 Å². The smallest absolute Gasteiger partial charge is 0.408 e. The van der Waals surface area contributed by atoms with Gasteiger partial charge >= 0.3 is 6.09 Å². The van der Waals surface area contributed by atoms with Crippen molar-refractivity contribution >= 4 is 6.09 Å². The molecule has 0 aliphatic heterocycles. The Bertz CT molecular complexity index is 724. The molecule has 3 N–H and O–H groups in total. The van der Waals surface area contributed by atoms with Crippen LogP contribution in [0.25, 0.3) is 0 Å². The van der Waals surface area contributed by atoms with E-state index in [2.05, 4.69) is 10.4 Å². The molecule has 0 saturated heterocycles. The Hall–Kier alpha value is -2.38. The van der Waals surface area contributed by atoms with Gasteiger partial charge in [-0.15, -0.1) is 0 Å². The van der Waals surface area contributed by atoms with Gasteiger partial charge in [-0.05, 0) is 32.8 Å². The van der Waals surface area contributed by atoms with Crippen molar-refractivity contribution in [1.29, 1.82) is 0 Å². The number of aryl methyl sites for hydroxylation is 1. The Morgan fingerprint density at radius 1 is 1.26 bits per heavy atom. The van der Waals surface area contributed by atoms with E-state index < -0.39 is 23.8 Å². The summed E-state index contributed by atoms with van der Waals surface area (Å²) in [4.78, 5) is 13.3. The summed E-state index contributed by atoms with van der Waals surface area (Å²) in [5, 5.41) is 28.0. The van der Waals surface area contributed by atoms with E-state index in [0.29, 0.717) is 13.0 Å². The number of amides is 1. The predicted molar refractivity (Wildman–Crippen MR) is 104 cm³/mol. The molecule has 2 atom stereocenters. The number of carbonyl (C=O) groups is 1. The van der Waals surface area contributed by atoms with E-state index in [4.69, 9.17) is 0 Å². The van der Waals surface area contributed by atoms with Gasteiger partial charge in [0.1, 0.15) is 0 Å². The van der Waals surface area contributed by atoms with E-state index in [0.717, 1.165) is 11.1 Å². The molecule has 1 amide bonds. The molecule has 1 heterocycles. The van der Waals surface area contributed by atoms with E-state index in [-0.39, 0.29) is 6.54 Å². The zero-order valence-corrected chi connectivity index (χ0v) is 16.5. The number of aliphatic hydroxyl groups excluding tert-OH is 1. The van der Waals surface area contributed by atoms with Gasteiger partial charge in [0, 0.05) is 37.4 Å². The van der Waals surface area contributed by atoms with E-state index in [9.17, 15) is 15.0 Å². The van der Waals surface area contributed by atoms with Crippen molar-refractivity contribution in [3.8, 4) is 0 Å². The molecule has 2 aromatic rings. The van der Waals surface area contributed by atoms with Gasteiger partial charge in [0.15, 0.2) is 0 Å². The van der Waals surface area contributed by atoms with Crippen LogP contribution in [-0.4, -0.2) is 55.2 Å². The van der Waals surface area contributed by atoms with Gasteiger partial charge in [0.05, 0.1) is 18.3 Å². The van der Waals surface area contributed by atoms with Gasteiger partial charge in [-0.1, -0.05) is 30.3 Å². The number of aliphatic hydroxyl groups is 1. The summed E-state index contributed by atoms with van der Waals surface area (Å²) in [6.45, 7) is 6.37. The van der Waals surface area contributed by atoms with Gasteiger partial charge in [0.25, 0.3) is 0 Å². The highest BCUT2D eigenvalue weighted by atomic mass is 16.4. The van der Waals surface area contributed by atoms with Crippen LogP contribution in [-0.2, 0) is 20.0 Å². The highest BCUT2D eigenvalue weighted by molar-refractivity contribution is 5.66. The lowest BCUT2D eigenvalue weighted by molar-refractivity contribution is 0.00770. The Kier molecular flexibility index (Phi) is 6.98. The number of aromatic nitrogens is 2. The molecule has 0 saturated carbocycles. The van der Waals surface area contributed by atoms with E-state index >= 15 is 0 Å². The Morgan fingerprint density at radius 3 is 2.44 bits per heavy atom. The number of hydrogen-bond donors (Lipinski definition) is 3. The molecule has 0 aliphatic rings. The van der Waals surface area contributed by atoms with Crippen molar-refractivity contribution in [2.24, 2.45) is 7.05 Å². The van der Waals surface area contributed by atoms with Crippen LogP contribution in [0.2, 0.25) is 0 Å². The molecule has 0 spiro atoms. The summed E-state index contributed by atoms with van der Waals surface area (Å²) in [7, 11) is 1.85. The first-order chi connectivity index (χ1) is 12.7. The number of benzene rings is 1. The van der Waals surface area contributed by atoms with Crippen LogP contribution >= 0.6 is 0 Å². The maximum absolute atomic E-state index is 12.0. The van der Waals surface area contributed by atoms with Gasteiger partial charge in [-0.3, -0.25) is 9.58 Å². The first-order valence-corrected chi connectivity index (χ1v) is 9.11. The van der Waals surface area contributed by atoms with Gasteiger partial charge in [-0.25, -0.2) is 4.79 Å². The normalized spacial score (nSPS) is 14.0. The Balaban J connectivity index is 2.12. The summed E-state index contributed by atoms with van der Waals surface area (Å²) < 4.78 is 1.72. The molecule has 7 heteroatoms. The molecular formula is C20H30N4O3. The second kappa shape index (κ2) is 9.01. The fraction of sp³-hybridized carbons (Fsp3) is 0.500. The molecule has 1 aromatic carbocycles. The molecule has 2 rings (SSSR count). The Morgan fingerprint density at radius 2 is 1.93 bits per heavy atom. The quantitative estimate of drug-likeness (QED) is 0.659. The molecule has 148 valence electrons. The minimum Gasteiger partial charge on any atom is -0.465 e. The standard InChI is InChI=1S/C20H30N4O3/c1-20(2,3)24(19(26)27)17(10-15-8-6-5-7-9-15)18(25)13-21-11-16-12-22-23(4)14-16/h5-9,12,14,17-18,21,25H,10-11,13H2,1-4H3,(H,26,27)/t17-,18-/m0/s1. The number of carboxylic acid groups (broad SMARTS) is 1. The van der Waals surface area contributed by atoms with E-state index in [1.54, 1.807) is 10.9 Å². The van der Waals surface area contributed by atoms with Crippen molar-refractivity contribution in [3.05, 3.63) is 53.9 Å². The lowest BCUT2D eigenvalue weighted by Gasteiger charge is -2.42. The average Bonchev–Trinajstić information content (AvgIpc) is 2.99. The third-order valence-corrected chi connectivity index (χ3v) is 4.43. The zero-order valence-electron chi connectivity index (χ0n) is 16.5. The van der Waals surface area contributed by atoms with E-state index in [1.165, 1.54) is 4.90 Å². The van der Waals surface area contributed by atoms with Crippen LogP contribution in [0.4, 0.5) is 4.79 Å². The monoisotopic (exact) mass is 374 g/mol. The lowest BCUT2D eigenvalue weighted by atomic mass is 9.94. The highest BCUT2D eigenvalue weighted by Crippen LogP contribution is 2.22. The van der Waals surface area contributed by atoms with Crippen LogP contribution in [0.3, 0.4) is 0 Å². The van der Waals surface area contributed by atoms with Crippen molar-refractivity contribution in [3.63, 3.8) is 0 Å². The molecule has 0 unspecified atom stereocenters. The lowest BCUT2D eigenvalue weighted by Crippen LogP contribution is -2.58. The van der Waals surface area contributed by atoms with Crippen molar-refractivity contribution in [2.45, 2.75) is 51.4 Å². The fourth-order valence-electron chi connectivity index (χ4n) is 3.24. The molecule has 1 aromatic heterocycles. The first-order valence-electron chi connectivity index (χ1n) is 9.11. The van der Waals surface area contributed by atoms with Crippen molar-refractivity contribution in [2.75, 3.05) is 6.54 Å². The number of rotatable bonds is 8. The predicted octanol–water partition coefficient (Wildman–Crippen LogP) is 2.26. The second-order valence-corrected chi connectivity index (χ2v) is 7.80. The third kappa shape index (κ3) is 6.08. The third-order valence-electron chi connectivity index (χ3n) is 4.43. The SMILES string of the molecule is Cn1cc(CNC[C@H](O)[C@H](Cc2ccccc2)N(C(=O)O)C(C)(C)C)cn1. The van der Waals surface area contributed by atoms with Crippen LogP contribution in [0, 0.1) is 0 Å². The maximum Gasteiger partial charge on any atom is 0.408 e. The van der Waals surface area contributed by atoms with Gasteiger partial charge < -0.3 is 15.5 Å². The average molecular weight is 374 g/mol. The second-order valence-electron chi connectivity index (χ2n) is 7.80. The number of nitrogens with one attached hydrogen (secondary N) is 1. The summed E-state index contributed by atoms with van der Waals surface area (Å²) in [6.07, 6.45) is 2.23. The fourth-order valence-corrected chi connectivity index (χ4v) is 3.24. The van der Waals surface area contributed by atoms with Gasteiger partial charge in [-0.2, -0.15) is 5.10 Å². The summed E-state index contributed by atoms with van der Waals surface area (Å²) in [5.41, 5.74) is 1.37. The van der Waals surface area contributed by atoms with Crippen LogP contribution in [0.1, 0.15) is 31.9 Å². The topological polar surface area (TPSA) is 90.6 Å².